The molecule has 0 radical (unpaired) electrons. The van der Waals surface area contributed by atoms with E-state index in [-0.39, 0.29) is 22.9 Å². The molecule has 30 heavy (non-hydrogen) atoms. The van der Waals surface area contributed by atoms with Gasteiger partial charge in [0.15, 0.2) is 0 Å². The van der Waals surface area contributed by atoms with Crippen molar-refractivity contribution < 1.29 is 22.7 Å². The quantitative estimate of drug-likeness (QED) is 0.642. The van der Waals surface area contributed by atoms with Gasteiger partial charge in [0, 0.05) is 0 Å². The number of nitrogens with one attached hydrogen (secondary N) is 1. The van der Waals surface area contributed by atoms with Crippen LogP contribution in [0.2, 0.25) is 5.02 Å². The zero-order valence-electron chi connectivity index (χ0n) is 17.5. The number of halogens is 1. The molecule has 7 nitrogen and oxygen atoms in total. The summed E-state index contributed by atoms with van der Waals surface area (Å²) >= 11 is 6.20. The van der Waals surface area contributed by atoms with Crippen molar-refractivity contribution in [1.82, 2.24) is 0 Å². The molecule has 0 fully saturated rings. The van der Waals surface area contributed by atoms with Crippen molar-refractivity contribution in [3.05, 3.63) is 58.1 Å². The fraction of sp³-hybridized carbons (Fsp3) is 0.333. The van der Waals surface area contributed by atoms with Crippen molar-refractivity contribution in [2.75, 3.05) is 22.5 Å². The number of carbonyl (C=O) groups excluding carboxylic acids is 2. The number of nitrogens with zero attached hydrogens (tertiary/aromatic N) is 1. The van der Waals surface area contributed by atoms with Crippen LogP contribution in [0, 0.1) is 13.8 Å². The molecule has 2 rings (SSSR count). The summed E-state index contributed by atoms with van der Waals surface area (Å²) in [4.78, 5) is 24.7. The highest BCUT2D eigenvalue weighted by Crippen LogP contribution is 2.28. The Morgan fingerprint density at radius 1 is 1.17 bits per heavy atom. The second kappa shape index (κ2) is 9.49. The van der Waals surface area contributed by atoms with Crippen molar-refractivity contribution >= 4 is 44.9 Å². The van der Waals surface area contributed by atoms with Crippen LogP contribution in [0.25, 0.3) is 0 Å². The summed E-state index contributed by atoms with van der Waals surface area (Å²) in [5, 5.41) is 2.77. The Balaban J connectivity index is 2.32. The van der Waals surface area contributed by atoms with E-state index in [0.29, 0.717) is 5.69 Å². The van der Waals surface area contributed by atoms with Gasteiger partial charge in [-0.1, -0.05) is 23.7 Å². The molecule has 0 saturated heterocycles. The molecule has 0 spiro atoms. The first-order valence-electron chi connectivity index (χ1n) is 9.30. The highest BCUT2D eigenvalue weighted by Gasteiger charge is 2.30. The summed E-state index contributed by atoms with van der Waals surface area (Å²) in [6.45, 7) is 7.05. The number of sulfonamides is 1. The molecule has 0 heterocycles. The van der Waals surface area contributed by atoms with Crippen molar-refractivity contribution in [1.29, 1.82) is 0 Å². The lowest BCUT2D eigenvalue weighted by molar-refractivity contribution is -0.116. The Kier molecular flexibility index (Phi) is 7.49. The third-order valence-corrected chi connectivity index (χ3v) is 5.97. The monoisotopic (exact) mass is 452 g/mol. The molecular weight excluding hydrogens is 428 g/mol. The molecule has 0 aromatic heterocycles. The molecule has 1 N–H and O–H groups in total. The van der Waals surface area contributed by atoms with Crippen LogP contribution in [-0.2, 0) is 19.6 Å². The van der Waals surface area contributed by atoms with Crippen LogP contribution >= 0.6 is 11.6 Å². The van der Waals surface area contributed by atoms with E-state index >= 15 is 0 Å². The minimum Gasteiger partial charge on any atom is -0.462 e. The number of amides is 1. The molecule has 9 heteroatoms. The lowest BCUT2D eigenvalue weighted by atomic mass is 10.1. The van der Waals surface area contributed by atoms with Crippen LogP contribution in [-0.4, -0.2) is 39.2 Å². The molecule has 1 amide bonds. The molecule has 162 valence electrons. The molecule has 0 aliphatic heterocycles. The van der Waals surface area contributed by atoms with Crippen LogP contribution in [0.3, 0.4) is 0 Å². The Labute approximate surface area is 182 Å². The number of ether oxygens (including phenoxy) is 1. The van der Waals surface area contributed by atoms with Crippen LogP contribution in [0.5, 0.6) is 0 Å². The van der Waals surface area contributed by atoms with Crippen LogP contribution in [0.4, 0.5) is 11.4 Å². The number of rotatable bonds is 7. The summed E-state index contributed by atoms with van der Waals surface area (Å²) in [6.07, 6.45) is 1.06. The second-order valence-electron chi connectivity index (χ2n) is 6.93. The lowest BCUT2D eigenvalue weighted by Crippen LogP contribution is -2.45. The van der Waals surface area contributed by atoms with E-state index in [9.17, 15) is 18.0 Å². The third-order valence-electron chi connectivity index (χ3n) is 4.43. The van der Waals surface area contributed by atoms with E-state index in [4.69, 9.17) is 16.3 Å². The first kappa shape index (κ1) is 23.7. The van der Waals surface area contributed by atoms with Crippen LogP contribution < -0.4 is 9.62 Å². The maximum atomic E-state index is 12.9. The van der Waals surface area contributed by atoms with E-state index in [1.54, 1.807) is 26.0 Å². The SMILES string of the molecule is CCOC(=O)c1ccc(NC(=O)[C@@H](C)N(c2cc(C)ccc2C)S(C)(=O)=O)c(Cl)c1. The topological polar surface area (TPSA) is 92.8 Å². The molecule has 0 aliphatic rings. The second-order valence-corrected chi connectivity index (χ2v) is 9.20. The molecule has 0 saturated carbocycles. The molecule has 0 unspecified atom stereocenters. The van der Waals surface area contributed by atoms with E-state index in [1.807, 2.05) is 13.0 Å². The molecule has 0 bridgehead atoms. The van der Waals surface area contributed by atoms with Gasteiger partial charge in [-0.25, -0.2) is 13.2 Å². The number of benzene rings is 2. The minimum absolute atomic E-state index is 0.138. The van der Waals surface area contributed by atoms with Crippen LogP contribution in [0.1, 0.15) is 35.3 Å². The first-order chi connectivity index (χ1) is 14.0. The predicted molar refractivity (Wildman–Crippen MR) is 119 cm³/mol. The normalized spacial score (nSPS) is 12.2. The van der Waals surface area contributed by atoms with Crippen molar-refractivity contribution in [2.45, 2.75) is 33.7 Å². The molecule has 2 aromatic rings. The smallest absolute Gasteiger partial charge is 0.338 e. The number of anilines is 2. The van der Waals surface area contributed by atoms with Crippen LogP contribution in [0.15, 0.2) is 36.4 Å². The molecule has 1 atom stereocenters. The molecule has 2 aromatic carbocycles. The Bertz CT molecular complexity index is 1070. The summed E-state index contributed by atoms with van der Waals surface area (Å²) in [6, 6.07) is 8.69. The largest absolute Gasteiger partial charge is 0.462 e. The minimum atomic E-state index is -3.75. The van der Waals surface area contributed by atoms with Gasteiger partial charge in [-0.2, -0.15) is 0 Å². The number of esters is 1. The zero-order valence-corrected chi connectivity index (χ0v) is 19.1. The van der Waals surface area contributed by atoms with Gasteiger partial charge in [0.25, 0.3) is 0 Å². The number of hydrogen-bond acceptors (Lipinski definition) is 5. The van der Waals surface area contributed by atoms with Gasteiger partial charge in [-0.05, 0) is 63.1 Å². The van der Waals surface area contributed by atoms with Crippen molar-refractivity contribution in [3.8, 4) is 0 Å². The van der Waals surface area contributed by atoms with E-state index in [1.165, 1.54) is 25.1 Å². The Morgan fingerprint density at radius 3 is 2.40 bits per heavy atom. The molecule has 0 aliphatic carbocycles. The highest BCUT2D eigenvalue weighted by atomic mass is 35.5. The number of carbonyl (C=O) groups is 2. The Hall–Kier alpha value is -2.58. The summed E-state index contributed by atoms with van der Waals surface area (Å²) in [5.74, 6) is -1.09. The fourth-order valence-electron chi connectivity index (χ4n) is 2.93. The fourth-order valence-corrected chi connectivity index (χ4v) is 4.38. The first-order valence-corrected chi connectivity index (χ1v) is 11.5. The number of hydrogen-bond donors (Lipinski definition) is 1. The van der Waals surface area contributed by atoms with Gasteiger partial charge in [0.2, 0.25) is 15.9 Å². The van der Waals surface area contributed by atoms with Gasteiger partial charge in [0.05, 0.1) is 34.8 Å². The Morgan fingerprint density at radius 2 is 1.83 bits per heavy atom. The third kappa shape index (κ3) is 5.52. The van der Waals surface area contributed by atoms with Gasteiger partial charge in [-0.15, -0.1) is 0 Å². The van der Waals surface area contributed by atoms with Gasteiger partial charge >= 0.3 is 5.97 Å². The molecular formula is C21H25ClN2O5S. The van der Waals surface area contributed by atoms with Gasteiger partial charge in [0.1, 0.15) is 6.04 Å². The average Bonchev–Trinajstić information content (AvgIpc) is 2.65. The summed E-state index contributed by atoms with van der Waals surface area (Å²) in [7, 11) is -3.75. The average molecular weight is 453 g/mol. The van der Waals surface area contributed by atoms with E-state index in [2.05, 4.69) is 5.32 Å². The zero-order chi connectivity index (χ0) is 22.6. The van der Waals surface area contributed by atoms with Gasteiger partial charge < -0.3 is 10.1 Å². The summed E-state index contributed by atoms with van der Waals surface area (Å²) < 4.78 is 31.0. The summed E-state index contributed by atoms with van der Waals surface area (Å²) in [5.41, 5.74) is 2.54. The van der Waals surface area contributed by atoms with E-state index in [0.717, 1.165) is 21.7 Å². The standard InChI is InChI=1S/C21H25ClN2O5S/c1-6-29-21(26)16-9-10-18(17(22)12-16)23-20(25)15(4)24(30(5,27)28)19-11-13(2)7-8-14(19)3/h7-12,15H,6H2,1-5H3,(H,23,25)/t15-/m1/s1. The lowest BCUT2D eigenvalue weighted by Gasteiger charge is -2.30. The van der Waals surface area contributed by atoms with Gasteiger partial charge in [-0.3, -0.25) is 9.10 Å². The van der Waals surface area contributed by atoms with Crippen molar-refractivity contribution in [3.63, 3.8) is 0 Å². The maximum Gasteiger partial charge on any atom is 0.338 e. The number of aryl methyl sites for hydroxylation is 2. The van der Waals surface area contributed by atoms with Crippen molar-refractivity contribution in [2.24, 2.45) is 0 Å². The maximum absolute atomic E-state index is 12.9. The predicted octanol–water partition coefficient (Wildman–Crippen LogP) is 3.93. The highest BCUT2D eigenvalue weighted by molar-refractivity contribution is 7.92. The van der Waals surface area contributed by atoms with E-state index < -0.39 is 27.9 Å².